The van der Waals surface area contributed by atoms with Crippen LogP contribution in [-0.4, -0.2) is 35.0 Å². The summed E-state index contributed by atoms with van der Waals surface area (Å²) >= 11 is 0. The summed E-state index contributed by atoms with van der Waals surface area (Å²) in [6, 6.07) is 0.201. The average Bonchev–Trinajstić information content (AvgIpc) is 2.17. The summed E-state index contributed by atoms with van der Waals surface area (Å²) in [4.78, 5) is 22.2. The lowest BCUT2D eigenvalue weighted by atomic mass is 9.99. The number of carbonyl (C=O) groups excluding carboxylic acids is 1. The number of aryl methyl sites for hydroxylation is 1. The van der Waals surface area contributed by atoms with E-state index in [1.165, 1.54) is 0 Å². The van der Waals surface area contributed by atoms with Gasteiger partial charge >= 0.3 is 0 Å². The van der Waals surface area contributed by atoms with Crippen LogP contribution in [0.5, 0.6) is 0 Å². The van der Waals surface area contributed by atoms with Gasteiger partial charge in [0.25, 0.3) is 0 Å². The first-order valence-corrected chi connectivity index (χ1v) is 5.90. The third-order valence-electron chi connectivity index (χ3n) is 2.73. The molecule has 0 saturated carbocycles. The second kappa shape index (κ2) is 4.69. The van der Waals surface area contributed by atoms with Crippen LogP contribution in [0.4, 0.5) is 5.95 Å². The molecule has 1 aliphatic rings. The summed E-state index contributed by atoms with van der Waals surface area (Å²) in [5.74, 6) is 0.912. The Bertz CT molecular complexity index is 395. The van der Waals surface area contributed by atoms with Crippen molar-refractivity contribution in [2.75, 3.05) is 18.0 Å². The van der Waals surface area contributed by atoms with Crippen molar-refractivity contribution in [1.82, 2.24) is 15.3 Å². The fraction of sp³-hybridized carbons (Fsp3) is 0.583. The van der Waals surface area contributed by atoms with Gasteiger partial charge < -0.3 is 10.2 Å². The fourth-order valence-electron chi connectivity index (χ4n) is 1.76. The molecule has 5 heteroatoms. The maximum Gasteiger partial charge on any atom is 0.226 e. The zero-order valence-electron chi connectivity index (χ0n) is 10.5. The molecule has 0 radical (unpaired) electrons. The minimum absolute atomic E-state index is 0.0716. The number of nitrogens with zero attached hydrogens (tertiary/aromatic N) is 3. The third kappa shape index (κ3) is 2.72. The highest BCUT2D eigenvalue weighted by molar-refractivity contribution is 5.81. The minimum Gasteiger partial charge on any atom is -0.354 e. The molecule has 0 aliphatic carbocycles. The van der Waals surface area contributed by atoms with Gasteiger partial charge in [-0.05, 0) is 26.3 Å². The second-order valence-corrected chi connectivity index (χ2v) is 4.83. The topological polar surface area (TPSA) is 58.1 Å². The van der Waals surface area contributed by atoms with Crippen LogP contribution in [0.3, 0.4) is 0 Å². The number of hydrogen-bond donors (Lipinski definition) is 1. The first-order chi connectivity index (χ1) is 8.06. The summed E-state index contributed by atoms with van der Waals surface area (Å²) in [6.45, 7) is 7.32. The molecule has 2 heterocycles. The van der Waals surface area contributed by atoms with Gasteiger partial charge in [0.2, 0.25) is 11.9 Å². The molecule has 1 saturated heterocycles. The molecule has 5 nitrogen and oxygen atoms in total. The maximum absolute atomic E-state index is 11.7. The SMILES string of the molecule is Cc1cnc(N2CC(C(=O)NC(C)C)C2)nc1. The summed E-state index contributed by atoms with van der Waals surface area (Å²) in [5.41, 5.74) is 1.04. The lowest BCUT2D eigenvalue weighted by molar-refractivity contribution is -0.126. The molecule has 0 atom stereocenters. The Hall–Kier alpha value is -1.65. The van der Waals surface area contributed by atoms with E-state index in [0.717, 1.165) is 5.56 Å². The Kier molecular flexibility index (Phi) is 3.26. The Labute approximate surface area is 101 Å². The van der Waals surface area contributed by atoms with Crippen molar-refractivity contribution in [1.29, 1.82) is 0 Å². The van der Waals surface area contributed by atoms with Crippen molar-refractivity contribution in [3.05, 3.63) is 18.0 Å². The highest BCUT2D eigenvalue weighted by Gasteiger charge is 2.34. The Morgan fingerprint density at radius 2 is 2.00 bits per heavy atom. The zero-order chi connectivity index (χ0) is 12.4. The van der Waals surface area contributed by atoms with Crippen molar-refractivity contribution in [3.63, 3.8) is 0 Å². The van der Waals surface area contributed by atoms with E-state index in [4.69, 9.17) is 0 Å². The summed E-state index contributed by atoms with van der Waals surface area (Å²) < 4.78 is 0. The van der Waals surface area contributed by atoms with E-state index in [-0.39, 0.29) is 17.9 Å². The van der Waals surface area contributed by atoms with Crippen LogP contribution in [0.1, 0.15) is 19.4 Å². The lowest BCUT2D eigenvalue weighted by Gasteiger charge is -2.38. The van der Waals surface area contributed by atoms with Crippen LogP contribution in [0, 0.1) is 12.8 Å². The zero-order valence-corrected chi connectivity index (χ0v) is 10.5. The fourth-order valence-corrected chi connectivity index (χ4v) is 1.76. The number of aromatic nitrogens is 2. The van der Waals surface area contributed by atoms with E-state index in [9.17, 15) is 4.79 Å². The minimum atomic E-state index is 0.0716. The van der Waals surface area contributed by atoms with Gasteiger partial charge in [-0.3, -0.25) is 4.79 Å². The van der Waals surface area contributed by atoms with Crippen molar-refractivity contribution < 1.29 is 4.79 Å². The van der Waals surface area contributed by atoms with Crippen LogP contribution >= 0.6 is 0 Å². The molecular weight excluding hydrogens is 216 g/mol. The largest absolute Gasteiger partial charge is 0.354 e. The second-order valence-electron chi connectivity index (χ2n) is 4.83. The standard InChI is InChI=1S/C12H18N4O/c1-8(2)15-11(17)10-6-16(7-10)12-13-4-9(3)5-14-12/h4-5,8,10H,6-7H2,1-3H3,(H,15,17). The smallest absolute Gasteiger partial charge is 0.226 e. The number of nitrogens with one attached hydrogen (secondary N) is 1. The number of carbonyl (C=O) groups is 1. The number of amides is 1. The van der Waals surface area contributed by atoms with Crippen molar-refractivity contribution >= 4 is 11.9 Å². The van der Waals surface area contributed by atoms with Gasteiger partial charge in [0.15, 0.2) is 0 Å². The van der Waals surface area contributed by atoms with E-state index in [2.05, 4.69) is 15.3 Å². The van der Waals surface area contributed by atoms with Crippen molar-refractivity contribution in [2.24, 2.45) is 5.92 Å². The van der Waals surface area contributed by atoms with Gasteiger partial charge in [-0.1, -0.05) is 0 Å². The molecule has 1 aromatic rings. The van der Waals surface area contributed by atoms with Crippen LogP contribution in [0.25, 0.3) is 0 Å². The molecule has 1 amide bonds. The molecule has 0 aromatic carbocycles. The van der Waals surface area contributed by atoms with E-state index in [0.29, 0.717) is 19.0 Å². The predicted molar refractivity (Wildman–Crippen MR) is 65.8 cm³/mol. The van der Waals surface area contributed by atoms with Gasteiger partial charge in [0.1, 0.15) is 0 Å². The summed E-state index contributed by atoms with van der Waals surface area (Å²) in [7, 11) is 0. The Morgan fingerprint density at radius 3 is 2.53 bits per heavy atom. The number of hydrogen-bond acceptors (Lipinski definition) is 4. The molecule has 1 aromatic heterocycles. The third-order valence-corrected chi connectivity index (χ3v) is 2.73. The highest BCUT2D eigenvalue weighted by atomic mass is 16.2. The van der Waals surface area contributed by atoms with E-state index in [1.807, 2.05) is 25.7 Å². The van der Waals surface area contributed by atoms with Gasteiger partial charge in [-0.2, -0.15) is 0 Å². The van der Waals surface area contributed by atoms with Gasteiger partial charge in [-0.25, -0.2) is 9.97 Å². The molecule has 0 spiro atoms. The highest BCUT2D eigenvalue weighted by Crippen LogP contribution is 2.20. The van der Waals surface area contributed by atoms with E-state index < -0.39 is 0 Å². The number of rotatable bonds is 3. The van der Waals surface area contributed by atoms with E-state index >= 15 is 0 Å². The molecule has 1 N–H and O–H groups in total. The molecule has 0 bridgehead atoms. The van der Waals surface area contributed by atoms with Crippen LogP contribution < -0.4 is 10.2 Å². The van der Waals surface area contributed by atoms with Gasteiger partial charge in [0.05, 0.1) is 5.92 Å². The van der Waals surface area contributed by atoms with Crippen LogP contribution in [0.15, 0.2) is 12.4 Å². The predicted octanol–water partition coefficient (Wildman–Crippen LogP) is 0.746. The molecule has 1 fully saturated rings. The molecule has 92 valence electrons. The Balaban J connectivity index is 1.86. The lowest BCUT2D eigenvalue weighted by Crippen LogP contribution is -2.55. The summed E-state index contributed by atoms with van der Waals surface area (Å²) in [5, 5.41) is 2.92. The van der Waals surface area contributed by atoms with Crippen molar-refractivity contribution in [3.8, 4) is 0 Å². The van der Waals surface area contributed by atoms with Gasteiger partial charge in [0, 0.05) is 31.5 Å². The maximum atomic E-state index is 11.7. The first-order valence-electron chi connectivity index (χ1n) is 5.90. The first kappa shape index (κ1) is 11.8. The molecule has 1 aliphatic heterocycles. The summed E-state index contributed by atoms with van der Waals surface area (Å²) in [6.07, 6.45) is 3.59. The Morgan fingerprint density at radius 1 is 1.41 bits per heavy atom. The molecule has 17 heavy (non-hydrogen) atoms. The van der Waals surface area contributed by atoms with Gasteiger partial charge in [-0.15, -0.1) is 0 Å². The van der Waals surface area contributed by atoms with Crippen LogP contribution in [-0.2, 0) is 4.79 Å². The molecule has 0 unspecified atom stereocenters. The monoisotopic (exact) mass is 234 g/mol. The molecule has 2 rings (SSSR count). The molecular formula is C12H18N4O. The average molecular weight is 234 g/mol. The van der Waals surface area contributed by atoms with Crippen molar-refractivity contribution in [2.45, 2.75) is 26.8 Å². The number of anilines is 1. The quantitative estimate of drug-likeness (QED) is 0.838. The van der Waals surface area contributed by atoms with Crippen LogP contribution in [0.2, 0.25) is 0 Å². The van der Waals surface area contributed by atoms with E-state index in [1.54, 1.807) is 12.4 Å². The normalized spacial score (nSPS) is 15.9.